The third-order valence-corrected chi connectivity index (χ3v) is 5.21. The molecule has 1 amide bonds. The van der Waals surface area contributed by atoms with Gasteiger partial charge < -0.3 is 5.11 Å². The van der Waals surface area contributed by atoms with Crippen LogP contribution in [0.15, 0.2) is 59.6 Å². The highest BCUT2D eigenvalue weighted by Crippen LogP contribution is 2.35. The molecule has 0 spiro atoms. The summed E-state index contributed by atoms with van der Waals surface area (Å²) in [5.74, 6) is -1.30. The second-order valence-corrected chi connectivity index (χ2v) is 7.33. The molecule has 1 aliphatic rings. The van der Waals surface area contributed by atoms with Gasteiger partial charge in [0.2, 0.25) is 0 Å². The molecule has 2 heterocycles. The minimum Gasteiger partial charge on any atom is -0.478 e. The third kappa shape index (κ3) is 3.32. The first kappa shape index (κ1) is 17.3. The monoisotopic (exact) mass is 393 g/mol. The minimum atomic E-state index is -1.03. The third-order valence-electron chi connectivity index (χ3n) is 3.91. The Labute approximate surface area is 163 Å². The minimum absolute atomic E-state index is 0.145. The molecule has 1 fully saturated rings. The van der Waals surface area contributed by atoms with Crippen LogP contribution in [-0.4, -0.2) is 31.3 Å². The van der Waals surface area contributed by atoms with Crippen molar-refractivity contribution in [3.05, 3.63) is 70.9 Å². The van der Waals surface area contributed by atoms with Gasteiger partial charge >= 0.3 is 5.97 Å². The van der Waals surface area contributed by atoms with Gasteiger partial charge in [0.25, 0.3) is 5.91 Å². The van der Waals surface area contributed by atoms with Gasteiger partial charge in [-0.15, -0.1) is 0 Å². The molecule has 1 aromatic heterocycles. The Morgan fingerprint density at radius 1 is 1.11 bits per heavy atom. The maximum absolute atomic E-state index is 12.8. The molecule has 0 saturated carbocycles. The van der Waals surface area contributed by atoms with Gasteiger partial charge in [0.05, 0.1) is 39.1 Å². The lowest BCUT2D eigenvalue weighted by atomic mass is 10.2. The predicted molar refractivity (Wildman–Crippen MR) is 109 cm³/mol. The molecule has 1 N–H and O–H groups in total. The Kier molecular flexibility index (Phi) is 4.43. The number of hydrogen-bond donors (Lipinski definition) is 1. The van der Waals surface area contributed by atoms with Crippen LogP contribution in [0.2, 0.25) is 0 Å². The number of carbonyl (C=O) groups is 2. The van der Waals surface area contributed by atoms with E-state index in [4.69, 9.17) is 17.3 Å². The van der Waals surface area contributed by atoms with Crippen LogP contribution in [0.5, 0.6) is 0 Å². The molecular formula is C19H11N3O3S2. The van der Waals surface area contributed by atoms with Gasteiger partial charge in [-0.3, -0.25) is 14.7 Å². The van der Waals surface area contributed by atoms with Gasteiger partial charge in [-0.05, 0) is 42.5 Å². The molecule has 2 aromatic carbocycles. The van der Waals surface area contributed by atoms with Crippen LogP contribution in [0.3, 0.4) is 0 Å². The number of para-hydroxylation sites is 2. The molecular weight excluding hydrogens is 382 g/mol. The zero-order valence-electron chi connectivity index (χ0n) is 13.7. The number of aromatic nitrogens is 2. The number of carbonyl (C=O) groups excluding carboxylic acids is 1. The number of thioether (sulfide) groups is 1. The number of carboxylic acid groups (broad SMARTS) is 1. The number of aromatic carboxylic acids is 1. The Bertz CT molecular complexity index is 1130. The van der Waals surface area contributed by atoms with Crippen molar-refractivity contribution in [2.45, 2.75) is 0 Å². The fourth-order valence-corrected chi connectivity index (χ4v) is 3.90. The van der Waals surface area contributed by atoms with E-state index < -0.39 is 5.97 Å². The fraction of sp³-hybridized carbons (Fsp3) is 0. The molecule has 0 radical (unpaired) electrons. The number of thiocarbonyl (C=S) groups is 1. The molecule has 0 atom stereocenters. The van der Waals surface area contributed by atoms with Gasteiger partial charge in [0.15, 0.2) is 4.32 Å². The first-order chi connectivity index (χ1) is 13.0. The number of carboxylic acids is 1. The standard InChI is InChI=1S/C19H11N3O3S2/c23-17-16(9-12-10-20-14-3-1-2-4-15(14)21-12)27-19(26)22(17)13-7-5-11(6-8-13)18(24)25/h1-10H,(H,24,25). The van der Waals surface area contributed by atoms with Crippen LogP contribution in [0.1, 0.15) is 16.1 Å². The largest absolute Gasteiger partial charge is 0.478 e. The summed E-state index contributed by atoms with van der Waals surface area (Å²) in [6.45, 7) is 0. The van der Waals surface area contributed by atoms with Crippen LogP contribution in [0, 0.1) is 0 Å². The molecule has 132 valence electrons. The zero-order chi connectivity index (χ0) is 19.0. The molecule has 4 rings (SSSR count). The summed E-state index contributed by atoms with van der Waals surface area (Å²) in [6, 6.07) is 13.5. The highest BCUT2D eigenvalue weighted by molar-refractivity contribution is 8.27. The van der Waals surface area contributed by atoms with Gasteiger partial charge in [-0.25, -0.2) is 9.78 Å². The first-order valence-corrected chi connectivity index (χ1v) is 9.08. The molecule has 0 unspecified atom stereocenters. The summed E-state index contributed by atoms with van der Waals surface area (Å²) in [6.07, 6.45) is 3.26. The van der Waals surface area contributed by atoms with Crippen LogP contribution in [0.25, 0.3) is 17.1 Å². The molecule has 6 nitrogen and oxygen atoms in total. The zero-order valence-corrected chi connectivity index (χ0v) is 15.3. The average Bonchev–Trinajstić information content (AvgIpc) is 2.95. The van der Waals surface area contributed by atoms with E-state index in [0.717, 1.165) is 11.0 Å². The molecule has 3 aromatic rings. The number of rotatable bonds is 3. The van der Waals surface area contributed by atoms with Crippen molar-refractivity contribution in [2.24, 2.45) is 0 Å². The summed E-state index contributed by atoms with van der Waals surface area (Å²) in [5.41, 5.74) is 2.75. The molecule has 0 bridgehead atoms. The lowest BCUT2D eigenvalue weighted by molar-refractivity contribution is -0.113. The Morgan fingerprint density at radius 2 is 1.81 bits per heavy atom. The van der Waals surface area contributed by atoms with E-state index in [1.807, 2.05) is 24.3 Å². The number of fused-ring (bicyclic) bond motifs is 1. The topological polar surface area (TPSA) is 83.4 Å². The van der Waals surface area contributed by atoms with E-state index in [9.17, 15) is 9.59 Å². The van der Waals surface area contributed by atoms with E-state index in [-0.39, 0.29) is 11.5 Å². The van der Waals surface area contributed by atoms with Gasteiger partial charge in [0, 0.05) is 0 Å². The summed E-state index contributed by atoms with van der Waals surface area (Å²) < 4.78 is 0.378. The predicted octanol–water partition coefficient (Wildman–Crippen LogP) is 3.73. The fourth-order valence-electron chi connectivity index (χ4n) is 2.62. The van der Waals surface area contributed by atoms with Crippen molar-refractivity contribution < 1.29 is 14.7 Å². The maximum atomic E-state index is 12.8. The van der Waals surface area contributed by atoms with E-state index in [1.54, 1.807) is 24.4 Å². The second kappa shape index (κ2) is 6.90. The van der Waals surface area contributed by atoms with Crippen molar-refractivity contribution in [3.8, 4) is 0 Å². The van der Waals surface area contributed by atoms with E-state index in [0.29, 0.717) is 20.6 Å². The summed E-state index contributed by atoms with van der Waals surface area (Å²) in [5, 5.41) is 8.99. The summed E-state index contributed by atoms with van der Waals surface area (Å²) in [4.78, 5) is 34.4. The number of nitrogens with zero attached hydrogens (tertiary/aromatic N) is 3. The van der Waals surface area contributed by atoms with Gasteiger partial charge in [-0.2, -0.15) is 0 Å². The first-order valence-electron chi connectivity index (χ1n) is 7.86. The molecule has 1 saturated heterocycles. The number of anilines is 1. The van der Waals surface area contributed by atoms with E-state index in [1.165, 1.54) is 28.8 Å². The number of hydrogen-bond acceptors (Lipinski definition) is 6. The second-order valence-electron chi connectivity index (χ2n) is 5.65. The Morgan fingerprint density at radius 3 is 2.52 bits per heavy atom. The van der Waals surface area contributed by atoms with Crippen LogP contribution in [-0.2, 0) is 4.79 Å². The highest BCUT2D eigenvalue weighted by Gasteiger charge is 2.33. The van der Waals surface area contributed by atoms with Crippen molar-refractivity contribution in [1.29, 1.82) is 0 Å². The van der Waals surface area contributed by atoms with Crippen molar-refractivity contribution in [1.82, 2.24) is 9.97 Å². The van der Waals surface area contributed by atoms with Crippen LogP contribution >= 0.6 is 24.0 Å². The molecule has 8 heteroatoms. The molecule has 0 aliphatic carbocycles. The molecule has 27 heavy (non-hydrogen) atoms. The molecule has 1 aliphatic heterocycles. The van der Waals surface area contributed by atoms with Gasteiger partial charge in [0.1, 0.15) is 0 Å². The van der Waals surface area contributed by atoms with Crippen molar-refractivity contribution in [3.63, 3.8) is 0 Å². The van der Waals surface area contributed by atoms with E-state index >= 15 is 0 Å². The number of benzene rings is 2. The smallest absolute Gasteiger partial charge is 0.335 e. The average molecular weight is 393 g/mol. The quantitative estimate of drug-likeness (QED) is 0.536. The summed E-state index contributed by atoms with van der Waals surface area (Å²) in [7, 11) is 0. The maximum Gasteiger partial charge on any atom is 0.335 e. The highest BCUT2D eigenvalue weighted by atomic mass is 32.2. The van der Waals surface area contributed by atoms with Crippen LogP contribution in [0.4, 0.5) is 5.69 Å². The summed E-state index contributed by atoms with van der Waals surface area (Å²) >= 11 is 6.50. The van der Waals surface area contributed by atoms with E-state index in [2.05, 4.69) is 9.97 Å². The lowest BCUT2D eigenvalue weighted by Gasteiger charge is -2.14. The van der Waals surface area contributed by atoms with Crippen LogP contribution < -0.4 is 4.90 Å². The Balaban J connectivity index is 1.65. The SMILES string of the molecule is O=C(O)c1ccc(N2C(=O)C(=Cc3cnc4ccccc4n3)SC2=S)cc1. The van der Waals surface area contributed by atoms with Crippen molar-refractivity contribution >= 4 is 63.0 Å². The lowest BCUT2D eigenvalue weighted by Crippen LogP contribution is -2.27. The Hall–Kier alpha value is -3.10. The van der Waals surface area contributed by atoms with Gasteiger partial charge in [-0.1, -0.05) is 36.1 Å². The number of amides is 1. The van der Waals surface area contributed by atoms with Crippen molar-refractivity contribution in [2.75, 3.05) is 4.90 Å². The normalized spacial score (nSPS) is 15.7.